The average molecular weight is 372 g/mol. The molecule has 2 aromatic carbocycles. The minimum absolute atomic E-state index is 0.0639. The maximum atomic E-state index is 6.09. The van der Waals surface area contributed by atoms with Gasteiger partial charge in [0.1, 0.15) is 5.75 Å². The zero-order valence-corrected chi connectivity index (χ0v) is 14.4. The Kier molecular flexibility index (Phi) is 5.37. The smallest absolute Gasteiger partial charge is 0.161 e. The summed E-state index contributed by atoms with van der Waals surface area (Å²) < 4.78 is 16.0. The van der Waals surface area contributed by atoms with Gasteiger partial charge in [0.15, 0.2) is 11.5 Å². The number of hydrogen-bond acceptors (Lipinski definition) is 3. The summed E-state index contributed by atoms with van der Waals surface area (Å²) in [5.41, 5.74) is 1.98. The van der Waals surface area contributed by atoms with Crippen LogP contribution in [-0.2, 0) is 0 Å². The maximum absolute atomic E-state index is 6.09. The van der Waals surface area contributed by atoms with Gasteiger partial charge in [-0.1, -0.05) is 33.6 Å². The van der Waals surface area contributed by atoms with Crippen molar-refractivity contribution >= 4 is 27.5 Å². The Hall–Kier alpha value is -1.39. The number of halogens is 2. The summed E-state index contributed by atoms with van der Waals surface area (Å²) in [6, 6.07) is 11.3. The fourth-order valence-corrected chi connectivity index (χ4v) is 2.92. The number of hydrogen-bond donors (Lipinski definition) is 0. The number of alkyl halides is 1. The van der Waals surface area contributed by atoms with Crippen molar-refractivity contribution in [2.45, 2.75) is 4.83 Å². The van der Waals surface area contributed by atoms with Gasteiger partial charge in [0.2, 0.25) is 0 Å². The zero-order chi connectivity index (χ0) is 15.4. The van der Waals surface area contributed by atoms with Gasteiger partial charge in [-0.3, -0.25) is 0 Å². The molecule has 0 heterocycles. The van der Waals surface area contributed by atoms with Crippen LogP contribution in [0.3, 0.4) is 0 Å². The molecule has 1 atom stereocenters. The van der Waals surface area contributed by atoms with Crippen molar-refractivity contribution in [3.8, 4) is 17.2 Å². The minimum Gasteiger partial charge on any atom is -0.496 e. The van der Waals surface area contributed by atoms with Crippen LogP contribution in [0.25, 0.3) is 0 Å². The molecule has 5 heteroatoms. The highest BCUT2D eigenvalue weighted by atomic mass is 79.9. The molecule has 0 aliphatic heterocycles. The van der Waals surface area contributed by atoms with Crippen LogP contribution in [0.1, 0.15) is 16.0 Å². The molecule has 21 heavy (non-hydrogen) atoms. The lowest BCUT2D eigenvalue weighted by molar-refractivity contribution is 0.354. The van der Waals surface area contributed by atoms with E-state index in [9.17, 15) is 0 Å². The third-order valence-corrected chi connectivity index (χ3v) is 4.42. The molecular weight excluding hydrogens is 356 g/mol. The predicted molar refractivity (Wildman–Crippen MR) is 88.3 cm³/mol. The summed E-state index contributed by atoms with van der Waals surface area (Å²) in [5, 5.41) is 0.663. The summed E-state index contributed by atoms with van der Waals surface area (Å²) in [5.74, 6) is 2.15. The quantitative estimate of drug-likeness (QED) is 0.703. The summed E-state index contributed by atoms with van der Waals surface area (Å²) in [7, 11) is 4.87. The number of rotatable bonds is 5. The first-order valence-electron chi connectivity index (χ1n) is 6.30. The van der Waals surface area contributed by atoms with Gasteiger partial charge in [0, 0.05) is 10.6 Å². The van der Waals surface area contributed by atoms with E-state index in [0.29, 0.717) is 16.5 Å². The fourth-order valence-electron chi connectivity index (χ4n) is 2.09. The molecule has 0 aliphatic rings. The van der Waals surface area contributed by atoms with E-state index in [1.54, 1.807) is 27.4 Å². The van der Waals surface area contributed by atoms with Gasteiger partial charge in [-0.2, -0.15) is 0 Å². The summed E-state index contributed by atoms with van der Waals surface area (Å²) in [6.07, 6.45) is 0. The molecule has 0 bridgehead atoms. The molecule has 2 aromatic rings. The third kappa shape index (κ3) is 3.44. The van der Waals surface area contributed by atoms with Crippen LogP contribution in [0.5, 0.6) is 17.2 Å². The van der Waals surface area contributed by atoms with Crippen LogP contribution in [0.4, 0.5) is 0 Å². The average Bonchev–Trinajstić information content (AvgIpc) is 2.53. The Bertz CT molecular complexity index is 631. The first kappa shape index (κ1) is 16.0. The summed E-state index contributed by atoms with van der Waals surface area (Å²) in [6.45, 7) is 0. The van der Waals surface area contributed by atoms with Crippen LogP contribution in [0.2, 0.25) is 5.02 Å². The minimum atomic E-state index is -0.0639. The van der Waals surface area contributed by atoms with E-state index in [-0.39, 0.29) is 4.83 Å². The van der Waals surface area contributed by atoms with Gasteiger partial charge in [-0.05, 0) is 35.9 Å². The number of methoxy groups -OCH3 is 3. The Balaban J connectivity index is 2.44. The summed E-state index contributed by atoms with van der Waals surface area (Å²) in [4.78, 5) is -0.0639. The molecule has 112 valence electrons. The monoisotopic (exact) mass is 370 g/mol. The molecule has 0 radical (unpaired) electrons. The predicted octanol–water partition coefficient (Wildman–Crippen LogP) is 4.85. The van der Waals surface area contributed by atoms with Crippen molar-refractivity contribution in [3.63, 3.8) is 0 Å². The molecule has 0 saturated carbocycles. The molecule has 0 N–H and O–H groups in total. The van der Waals surface area contributed by atoms with E-state index < -0.39 is 0 Å². The van der Waals surface area contributed by atoms with Crippen LogP contribution >= 0.6 is 27.5 Å². The lowest BCUT2D eigenvalue weighted by Crippen LogP contribution is -1.99. The van der Waals surface area contributed by atoms with Gasteiger partial charge in [-0.25, -0.2) is 0 Å². The highest BCUT2D eigenvalue weighted by Gasteiger charge is 2.17. The van der Waals surface area contributed by atoms with E-state index in [1.807, 2.05) is 30.3 Å². The second-order valence-electron chi connectivity index (χ2n) is 4.36. The van der Waals surface area contributed by atoms with Crippen molar-refractivity contribution in [1.29, 1.82) is 0 Å². The highest BCUT2D eigenvalue weighted by molar-refractivity contribution is 9.09. The first-order valence-corrected chi connectivity index (χ1v) is 7.59. The van der Waals surface area contributed by atoms with Crippen LogP contribution in [-0.4, -0.2) is 21.3 Å². The SMILES string of the molecule is COc1ccc(C(Br)c2cc(Cl)ccc2OC)cc1OC. The van der Waals surface area contributed by atoms with Crippen molar-refractivity contribution in [3.05, 3.63) is 52.5 Å². The Morgan fingerprint density at radius 3 is 2.10 bits per heavy atom. The van der Waals surface area contributed by atoms with Crippen LogP contribution < -0.4 is 14.2 Å². The first-order chi connectivity index (χ1) is 10.1. The van der Waals surface area contributed by atoms with Crippen LogP contribution in [0, 0.1) is 0 Å². The molecular formula is C16H16BrClO3. The lowest BCUT2D eigenvalue weighted by atomic mass is 10.0. The molecule has 0 saturated heterocycles. The summed E-state index contributed by atoms with van der Waals surface area (Å²) >= 11 is 9.79. The van der Waals surface area contributed by atoms with Gasteiger partial charge in [0.05, 0.1) is 26.2 Å². The van der Waals surface area contributed by atoms with Crippen LogP contribution in [0.15, 0.2) is 36.4 Å². The highest BCUT2D eigenvalue weighted by Crippen LogP contribution is 2.40. The van der Waals surface area contributed by atoms with Gasteiger partial charge < -0.3 is 14.2 Å². The Morgan fingerprint density at radius 2 is 1.48 bits per heavy atom. The largest absolute Gasteiger partial charge is 0.496 e. The van der Waals surface area contributed by atoms with Gasteiger partial charge in [-0.15, -0.1) is 0 Å². The lowest BCUT2D eigenvalue weighted by Gasteiger charge is -2.17. The van der Waals surface area contributed by atoms with Crippen molar-refractivity contribution in [1.82, 2.24) is 0 Å². The Morgan fingerprint density at radius 1 is 0.857 bits per heavy atom. The molecule has 0 aromatic heterocycles. The van der Waals surface area contributed by atoms with E-state index >= 15 is 0 Å². The van der Waals surface area contributed by atoms with E-state index in [2.05, 4.69) is 15.9 Å². The van der Waals surface area contributed by atoms with Gasteiger partial charge in [0.25, 0.3) is 0 Å². The second kappa shape index (κ2) is 7.05. The molecule has 0 amide bonds. The number of ether oxygens (including phenoxy) is 3. The standard InChI is InChI=1S/C16H16BrClO3/c1-19-13-7-5-11(18)9-12(13)16(17)10-4-6-14(20-2)15(8-10)21-3/h4-9,16H,1-3H3. The fraction of sp³-hybridized carbons (Fsp3) is 0.250. The second-order valence-corrected chi connectivity index (χ2v) is 5.72. The molecule has 0 fully saturated rings. The molecule has 0 spiro atoms. The van der Waals surface area contributed by atoms with Crippen molar-refractivity contribution < 1.29 is 14.2 Å². The molecule has 1 unspecified atom stereocenters. The Labute approximate surface area is 137 Å². The third-order valence-electron chi connectivity index (χ3n) is 3.17. The van der Waals surface area contributed by atoms with E-state index in [0.717, 1.165) is 16.9 Å². The van der Waals surface area contributed by atoms with Gasteiger partial charge >= 0.3 is 0 Å². The maximum Gasteiger partial charge on any atom is 0.161 e. The van der Waals surface area contributed by atoms with E-state index in [4.69, 9.17) is 25.8 Å². The van der Waals surface area contributed by atoms with Crippen molar-refractivity contribution in [2.75, 3.05) is 21.3 Å². The zero-order valence-electron chi connectivity index (χ0n) is 12.0. The topological polar surface area (TPSA) is 27.7 Å². The van der Waals surface area contributed by atoms with E-state index in [1.165, 1.54) is 0 Å². The van der Waals surface area contributed by atoms with Crippen molar-refractivity contribution in [2.24, 2.45) is 0 Å². The number of benzene rings is 2. The molecule has 2 rings (SSSR count). The normalized spacial score (nSPS) is 11.9. The molecule has 3 nitrogen and oxygen atoms in total. The molecule has 0 aliphatic carbocycles.